The number of nitrogens with one attached hydrogen (secondary N) is 3. The first-order chi connectivity index (χ1) is 23.7. The summed E-state index contributed by atoms with van der Waals surface area (Å²) in [6, 6.07) is 21.4. The van der Waals surface area contributed by atoms with E-state index in [1.54, 1.807) is 37.3 Å². The van der Waals surface area contributed by atoms with Crippen molar-refractivity contribution < 1.29 is 38.4 Å². The van der Waals surface area contributed by atoms with E-state index in [0.717, 1.165) is 16.3 Å². The van der Waals surface area contributed by atoms with E-state index in [4.69, 9.17) is 35.3 Å². The second-order valence-corrected chi connectivity index (χ2v) is 11.3. The van der Waals surface area contributed by atoms with E-state index in [2.05, 4.69) is 33.3 Å². The molecule has 0 bridgehead atoms. The molecule has 0 aliphatic carbocycles. The van der Waals surface area contributed by atoms with Crippen LogP contribution < -0.4 is 35.0 Å². The van der Waals surface area contributed by atoms with Gasteiger partial charge in [-0.15, -0.1) is 0 Å². The van der Waals surface area contributed by atoms with Gasteiger partial charge in [0, 0.05) is 5.70 Å². The average molecular weight is 689 g/mol. The number of carbonyl (C=O) groups is 2. The van der Waals surface area contributed by atoms with Crippen molar-refractivity contribution in [1.82, 2.24) is 16.1 Å². The maximum Gasteiger partial charge on any atom is 0.337 e. The van der Waals surface area contributed by atoms with Gasteiger partial charge < -0.3 is 39.4 Å². The molecule has 12 nitrogen and oxygen atoms in total. The SMILES string of the molecule is CCOc1cc([C@@H]2NC(=O)NC(C)=C2C(=O)OC)ccc1OC[C@H](O)N/N=C\c1cc(Cl)c(OCc2ccc3ccccc3c2)c(OC)c1. The fraction of sp³-hybridized carbons (Fsp3) is 0.250. The van der Waals surface area contributed by atoms with E-state index in [-0.39, 0.29) is 12.2 Å². The van der Waals surface area contributed by atoms with Crippen molar-refractivity contribution in [1.29, 1.82) is 0 Å². The fourth-order valence-electron chi connectivity index (χ4n) is 5.26. The van der Waals surface area contributed by atoms with Gasteiger partial charge in [-0.25, -0.2) is 9.59 Å². The van der Waals surface area contributed by atoms with Crippen LogP contribution in [0.4, 0.5) is 4.79 Å². The number of urea groups is 1. The second-order valence-electron chi connectivity index (χ2n) is 10.9. The molecule has 256 valence electrons. The summed E-state index contributed by atoms with van der Waals surface area (Å²) in [5.41, 5.74) is 5.43. The molecule has 2 amide bonds. The van der Waals surface area contributed by atoms with E-state index < -0.39 is 24.3 Å². The van der Waals surface area contributed by atoms with Crippen LogP contribution in [0.3, 0.4) is 0 Å². The first kappa shape index (κ1) is 34.9. The quantitative estimate of drug-likeness (QED) is 0.0575. The lowest BCUT2D eigenvalue weighted by molar-refractivity contribution is -0.136. The highest BCUT2D eigenvalue weighted by Crippen LogP contribution is 2.37. The number of aliphatic hydroxyl groups excluding tert-OH is 1. The number of methoxy groups -OCH3 is 2. The number of hydrogen-bond acceptors (Lipinski definition) is 10. The summed E-state index contributed by atoms with van der Waals surface area (Å²) in [5.74, 6) is 0.952. The molecular weight excluding hydrogens is 652 g/mol. The van der Waals surface area contributed by atoms with Crippen molar-refractivity contribution >= 4 is 40.6 Å². The number of fused-ring (bicyclic) bond motifs is 1. The lowest BCUT2D eigenvalue weighted by atomic mass is 9.95. The smallest absolute Gasteiger partial charge is 0.337 e. The van der Waals surface area contributed by atoms with E-state index in [0.29, 0.717) is 58.1 Å². The summed E-state index contributed by atoms with van der Waals surface area (Å²) in [6.07, 6.45) is 0.292. The van der Waals surface area contributed by atoms with Crippen LogP contribution in [0.5, 0.6) is 23.0 Å². The van der Waals surface area contributed by atoms with Crippen LogP contribution >= 0.6 is 11.6 Å². The van der Waals surface area contributed by atoms with E-state index in [9.17, 15) is 14.7 Å². The van der Waals surface area contributed by atoms with Gasteiger partial charge in [0.2, 0.25) is 0 Å². The Balaban J connectivity index is 1.20. The number of aliphatic hydroxyl groups is 1. The van der Waals surface area contributed by atoms with Gasteiger partial charge in [0.15, 0.2) is 29.2 Å². The Morgan fingerprint density at radius 3 is 2.55 bits per heavy atom. The van der Waals surface area contributed by atoms with Crippen LogP contribution in [-0.2, 0) is 16.1 Å². The summed E-state index contributed by atoms with van der Waals surface area (Å²) < 4.78 is 28.1. The highest BCUT2D eigenvalue weighted by Gasteiger charge is 2.32. The second kappa shape index (κ2) is 16.1. The molecule has 0 aromatic heterocycles. The molecule has 0 unspecified atom stereocenters. The van der Waals surface area contributed by atoms with Gasteiger partial charge in [-0.3, -0.25) is 5.43 Å². The molecule has 1 aliphatic rings. The van der Waals surface area contributed by atoms with Crippen molar-refractivity contribution in [3.63, 3.8) is 0 Å². The summed E-state index contributed by atoms with van der Waals surface area (Å²) in [6.45, 7) is 3.87. The van der Waals surface area contributed by atoms with Crippen molar-refractivity contribution in [2.75, 3.05) is 27.4 Å². The molecule has 4 N–H and O–H groups in total. The number of halogens is 1. The zero-order chi connectivity index (χ0) is 34.9. The molecule has 1 heterocycles. The van der Waals surface area contributed by atoms with Crippen molar-refractivity contribution in [2.45, 2.75) is 32.7 Å². The molecule has 0 saturated heterocycles. The van der Waals surface area contributed by atoms with Gasteiger partial charge in [-0.05, 0) is 71.6 Å². The molecule has 5 rings (SSSR count). The molecular formula is C36H37ClN4O8. The van der Waals surface area contributed by atoms with E-state index in [1.165, 1.54) is 20.4 Å². The molecule has 13 heteroatoms. The summed E-state index contributed by atoms with van der Waals surface area (Å²) in [7, 11) is 2.80. The average Bonchev–Trinajstić information content (AvgIpc) is 3.09. The lowest BCUT2D eigenvalue weighted by Gasteiger charge is -2.28. The molecule has 4 aromatic carbocycles. The number of esters is 1. The molecule has 4 aromatic rings. The zero-order valence-corrected chi connectivity index (χ0v) is 28.2. The number of benzene rings is 4. The Kier molecular flexibility index (Phi) is 11.4. The molecule has 0 spiro atoms. The Morgan fingerprint density at radius 2 is 1.80 bits per heavy atom. The van der Waals surface area contributed by atoms with Crippen LogP contribution in [-0.4, -0.2) is 57.0 Å². The molecule has 0 radical (unpaired) electrons. The molecule has 0 saturated carbocycles. The van der Waals surface area contributed by atoms with Gasteiger partial charge in [0.05, 0.1) is 43.7 Å². The first-order valence-corrected chi connectivity index (χ1v) is 15.8. The third-order valence-corrected chi connectivity index (χ3v) is 7.84. The normalized spacial score (nSPS) is 15.0. The van der Waals surface area contributed by atoms with Gasteiger partial charge in [0.25, 0.3) is 0 Å². The first-order valence-electron chi connectivity index (χ1n) is 15.4. The third-order valence-electron chi connectivity index (χ3n) is 7.56. The largest absolute Gasteiger partial charge is 0.493 e. The standard InChI is InChI=1S/C36H37ClN4O8/c1-5-47-29-17-26(33-32(35(43)46-4)21(2)39-36(44)40-33)12-13-28(29)48-20-31(42)41-38-18-23-15-27(37)34(30(16-23)45-3)49-19-22-10-11-24-8-6-7-9-25(24)14-22/h6-18,31,33,41-42H,5,19-20H2,1-4H3,(H2,39,40,44)/b38-18-/t31-,33-/m0/s1. The maximum absolute atomic E-state index is 12.5. The third kappa shape index (κ3) is 8.53. The van der Waals surface area contributed by atoms with Crippen LogP contribution in [0, 0.1) is 0 Å². The summed E-state index contributed by atoms with van der Waals surface area (Å²) >= 11 is 6.56. The number of hydrogen-bond donors (Lipinski definition) is 4. The molecule has 0 fully saturated rings. The van der Waals surface area contributed by atoms with Crippen molar-refractivity contribution in [2.24, 2.45) is 5.10 Å². The van der Waals surface area contributed by atoms with Gasteiger partial charge in [-0.2, -0.15) is 5.10 Å². The zero-order valence-electron chi connectivity index (χ0n) is 27.4. The monoisotopic (exact) mass is 688 g/mol. The van der Waals surface area contributed by atoms with Crippen LogP contribution in [0.2, 0.25) is 5.02 Å². The minimum atomic E-state index is -1.19. The van der Waals surface area contributed by atoms with Crippen LogP contribution in [0.1, 0.15) is 36.6 Å². The number of rotatable bonds is 14. The van der Waals surface area contributed by atoms with E-state index in [1.807, 2.05) is 37.3 Å². The maximum atomic E-state index is 12.5. The predicted molar refractivity (Wildman–Crippen MR) is 185 cm³/mol. The number of allylic oxidation sites excluding steroid dienone is 1. The van der Waals surface area contributed by atoms with Crippen LogP contribution in [0.15, 0.2) is 89.2 Å². The fourth-order valence-corrected chi connectivity index (χ4v) is 5.53. The Bertz CT molecular complexity index is 1900. The number of ether oxygens (including phenoxy) is 5. The molecule has 1 aliphatic heterocycles. The number of nitrogens with zero attached hydrogens (tertiary/aromatic N) is 1. The summed E-state index contributed by atoms with van der Waals surface area (Å²) in [5, 5.41) is 22.6. The Labute approximate surface area is 288 Å². The van der Waals surface area contributed by atoms with Gasteiger partial charge >= 0.3 is 12.0 Å². The highest BCUT2D eigenvalue weighted by molar-refractivity contribution is 6.32. The summed E-state index contributed by atoms with van der Waals surface area (Å²) in [4.78, 5) is 24.7. The number of hydrazone groups is 1. The topological polar surface area (TPSA) is 149 Å². The van der Waals surface area contributed by atoms with Gasteiger partial charge in [-0.1, -0.05) is 54.1 Å². The van der Waals surface area contributed by atoms with Crippen LogP contribution in [0.25, 0.3) is 10.8 Å². The minimum absolute atomic E-state index is 0.182. The minimum Gasteiger partial charge on any atom is -0.493 e. The molecule has 2 atom stereocenters. The van der Waals surface area contributed by atoms with Crippen molar-refractivity contribution in [3.05, 3.63) is 106 Å². The van der Waals surface area contributed by atoms with E-state index >= 15 is 0 Å². The van der Waals surface area contributed by atoms with Crippen molar-refractivity contribution in [3.8, 4) is 23.0 Å². The number of amides is 2. The highest BCUT2D eigenvalue weighted by atomic mass is 35.5. The number of carbonyl (C=O) groups excluding carboxylic acids is 2. The Hall–Kier alpha value is -5.46. The van der Waals surface area contributed by atoms with Gasteiger partial charge in [0.1, 0.15) is 13.2 Å². The lowest BCUT2D eigenvalue weighted by Crippen LogP contribution is -2.45. The molecule has 49 heavy (non-hydrogen) atoms. The predicted octanol–water partition coefficient (Wildman–Crippen LogP) is 5.60. The Morgan fingerprint density at radius 1 is 1.00 bits per heavy atom.